The number of rotatable bonds is 8. The predicted molar refractivity (Wildman–Crippen MR) is 147 cm³/mol. The first-order valence-corrected chi connectivity index (χ1v) is 13.4. The molecule has 0 atom stereocenters. The highest BCUT2D eigenvalue weighted by Crippen LogP contribution is 2.22. The van der Waals surface area contributed by atoms with Crippen LogP contribution in [0.4, 0.5) is 4.39 Å². The Balaban J connectivity index is 1.05. The van der Waals surface area contributed by atoms with Crippen molar-refractivity contribution >= 4 is 12.0 Å². The van der Waals surface area contributed by atoms with Gasteiger partial charge in [-0.25, -0.2) is 4.39 Å². The number of piperidine rings is 1. The number of likely N-dealkylation sites (tertiary alicyclic amines) is 1. The van der Waals surface area contributed by atoms with Gasteiger partial charge in [0.15, 0.2) is 0 Å². The summed E-state index contributed by atoms with van der Waals surface area (Å²) in [5.41, 5.74) is 3.21. The summed E-state index contributed by atoms with van der Waals surface area (Å²) in [5, 5.41) is 0. The average Bonchev–Trinajstić information content (AvgIpc) is 2.94. The van der Waals surface area contributed by atoms with Crippen molar-refractivity contribution in [2.45, 2.75) is 32.0 Å². The molecule has 3 heterocycles. The van der Waals surface area contributed by atoms with Gasteiger partial charge in [-0.2, -0.15) is 0 Å². The van der Waals surface area contributed by atoms with Crippen molar-refractivity contribution < 1.29 is 13.9 Å². The second-order valence-corrected chi connectivity index (χ2v) is 10.1. The van der Waals surface area contributed by atoms with Gasteiger partial charge in [-0.1, -0.05) is 30.3 Å². The summed E-state index contributed by atoms with van der Waals surface area (Å²) in [4.78, 5) is 23.6. The number of carbonyl (C=O) groups is 1. The van der Waals surface area contributed by atoms with Crippen LogP contribution < -0.4 is 4.74 Å². The third kappa shape index (κ3) is 7.49. The second-order valence-electron chi connectivity index (χ2n) is 10.1. The van der Waals surface area contributed by atoms with Crippen LogP contribution >= 0.6 is 0 Å². The SMILES string of the molecule is O=C(C=Cc1cccc(F)c1)N1CCC(Oc2cccc(CN3CCN(Cc4cccnc4)CC3)c2)CC1. The molecule has 0 N–H and O–H groups in total. The van der Waals surface area contributed by atoms with Crippen LogP contribution in [0.2, 0.25) is 0 Å². The zero-order valence-corrected chi connectivity index (χ0v) is 21.7. The van der Waals surface area contributed by atoms with Crippen molar-refractivity contribution in [1.29, 1.82) is 0 Å². The summed E-state index contributed by atoms with van der Waals surface area (Å²) in [6.07, 6.45) is 8.65. The number of hydrogen-bond acceptors (Lipinski definition) is 5. The number of benzene rings is 2. The average molecular weight is 515 g/mol. The zero-order valence-electron chi connectivity index (χ0n) is 21.7. The van der Waals surface area contributed by atoms with E-state index in [0.717, 1.165) is 57.9 Å². The highest BCUT2D eigenvalue weighted by atomic mass is 19.1. The third-order valence-corrected chi connectivity index (χ3v) is 7.22. The molecule has 7 heteroatoms. The summed E-state index contributed by atoms with van der Waals surface area (Å²) in [5.74, 6) is 0.546. The lowest BCUT2D eigenvalue weighted by Gasteiger charge is -2.34. The lowest BCUT2D eigenvalue weighted by molar-refractivity contribution is -0.127. The first kappa shape index (κ1) is 26.1. The lowest BCUT2D eigenvalue weighted by atomic mass is 10.1. The van der Waals surface area contributed by atoms with E-state index in [1.54, 1.807) is 18.2 Å². The van der Waals surface area contributed by atoms with Gasteiger partial charge in [0.1, 0.15) is 17.7 Å². The number of amides is 1. The number of carbonyl (C=O) groups excluding carboxylic acids is 1. The summed E-state index contributed by atoms with van der Waals surface area (Å²) in [6.45, 7) is 7.39. The number of halogens is 1. The van der Waals surface area contributed by atoms with Gasteiger partial charge in [-0.05, 0) is 53.1 Å². The maximum atomic E-state index is 13.3. The quantitative estimate of drug-likeness (QED) is 0.411. The third-order valence-electron chi connectivity index (χ3n) is 7.22. The Kier molecular flexibility index (Phi) is 8.78. The van der Waals surface area contributed by atoms with Gasteiger partial charge in [-0.15, -0.1) is 0 Å². The second kappa shape index (κ2) is 12.8. The molecular formula is C31H35FN4O2. The van der Waals surface area contributed by atoms with Gasteiger partial charge in [0.05, 0.1) is 0 Å². The van der Waals surface area contributed by atoms with Gasteiger partial charge in [0.2, 0.25) is 5.91 Å². The molecule has 0 radical (unpaired) electrons. The van der Waals surface area contributed by atoms with Crippen LogP contribution in [0.3, 0.4) is 0 Å². The van der Waals surface area contributed by atoms with Crippen molar-refractivity contribution in [2.24, 2.45) is 0 Å². The Morgan fingerprint density at radius 1 is 0.895 bits per heavy atom. The molecule has 198 valence electrons. The molecule has 1 amide bonds. The van der Waals surface area contributed by atoms with E-state index in [1.807, 2.05) is 29.4 Å². The van der Waals surface area contributed by atoms with Crippen molar-refractivity contribution in [3.05, 3.63) is 102 Å². The monoisotopic (exact) mass is 514 g/mol. The standard InChI is InChI=1S/C31H35FN4O2/c32-28-7-1-4-25(20-28)9-10-31(37)36-14-11-29(12-15-36)38-30-8-2-5-26(21-30)23-34-16-18-35(19-17-34)24-27-6-3-13-33-22-27/h1-10,13,20-22,29H,11-12,14-19,23-24H2. The van der Waals surface area contributed by atoms with Crippen LogP contribution in [-0.2, 0) is 17.9 Å². The molecule has 2 aliphatic rings. The van der Waals surface area contributed by atoms with Gasteiger partial charge >= 0.3 is 0 Å². The highest BCUT2D eigenvalue weighted by molar-refractivity contribution is 5.91. The lowest BCUT2D eigenvalue weighted by Crippen LogP contribution is -2.45. The van der Waals surface area contributed by atoms with E-state index >= 15 is 0 Å². The van der Waals surface area contributed by atoms with Gasteiger partial charge in [0.25, 0.3) is 0 Å². The van der Waals surface area contributed by atoms with Crippen molar-refractivity contribution in [3.63, 3.8) is 0 Å². The van der Waals surface area contributed by atoms with E-state index in [1.165, 1.54) is 29.3 Å². The maximum absolute atomic E-state index is 13.3. The number of pyridine rings is 1. The maximum Gasteiger partial charge on any atom is 0.246 e. The summed E-state index contributed by atoms with van der Waals surface area (Å²) in [7, 11) is 0. The minimum atomic E-state index is -0.305. The van der Waals surface area contributed by atoms with Crippen LogP contribution in [-0.4, -0.2) is 71.0 Å². The van der Waals surface area contributed by atoms with Gasteiger partial charge in [-0.3, -0.25) is 19.6 Å². The molecule has 0 bridgehead atoms. The van der Waals surface area contributed by atoms with E-state index in [9.17, 15) is 9.18 Å². The molecule has 0 aliphatic carbocycles. The van der Waals surface area contributed by atoms with E-state index in [0.29, 0.717) is 18.7 Å². The number of ether oxygens (including phenoxy) is 1. The fourth-order valence-corrected chi connectivity index (χ4v) is 5.10. The van der Waals surface area contributed by atoms with Crippen LogP contribution in [0.15, 0.2) is 79.1 Å². The predicted octanol–water partition coefficient (Wildman–Crippen LogP) is 4.62. The molecule has 5 rings (SSSR count). The van der Waals surface area contributed by atoms with Crippen molar-refractivity contribution in [2.75, 3.05) is 39.3 Å². The van der Waals surface area contributed by atoms with Gasteiger partial charge in [0, 0.05) is 83.7 Å². The van der Waals surface area contributed by atoms with Crippen LogP contribution in [0, 0.1) is 5.82 Å². The molecule has 0 spiro atoms. The molecule has 2 aromatic carbocycles. The first-order valence-electron chi connectivity index (χ1n) is 13.4. The van der Waals surface area contributed by atoms with Crippen LogP contribution in [0.5, 0.6) is 5.75 Å². The summed E-state index contributed by atoms with van der Waals surface area (Å²) >= 11 is 0. The molecule has 38 heavy (non-hydrogen) atoms. The first-order chi connectivity index (χ1) is 18.6. The van der Waals surface area contributed by atoms with Crippen molar-refractivity contribution in [1.82, 2.24) is 19.7 Å². The largest absolute Gasteiger partial charge is 0.490 e. The van der Waals surface area contributed by atoms with Crippen LogP contribution in [0.25, 0.3) is 6.08 Å². The fraction of sp³-hybridized carbons (Fsp3) is 0.355. The molecule has 1 aromatic heterocycles. The fourth-order valence-electron chi connectivity index (χ4n) is 5.10. The van der Waals surface area contributed by atoms with E-state index in [2.05, 4.69) is 39.0 Å². The molecule has 6 nitrogen and oxygen atoms in total. The molecule has 3 aromatic rings. The summed E-state index contributed by atoms with van der Waals surface area (Å²) in [6, 6.07) is 18.8. The summed E-state index contributed by atoms with van der Waals surface area (Å²) < 4.78 is 19.7. The Morgan fingerprint density at radius 3 is 2.32 bits per heavy atom. The Hall–Kier alpha value is -3.55. The number of aromatic nitrogens is 1. The minimum Gasteiger partial charge on any atom is -0.490 e. The normalized spacial score (nSPS) is 17.7. The van der Waals surface area contributed by atoms with Crippen molar-refractivity contribution in [3.8, 4) is 5.75 Å². The topological polar surface area (TPSA) is 48.9 Å². The van der Waals surface area contributed by atoms with Gasteiger partial charge < -0.3 is 9.64 Å². The minimum absolute atomic E-state index is 0.0461. The van der Waals surface area contributed by atoms with Crippen LogP contribution in [0.1, 0.15) is 29.5 Å². The molecule has 2 fully saturated rings. The van der Waals surface area contributed by atoms with E-state index in [4.69, 9.17) is 4.74 Å². The molecule has 2 saturated heterocycles. The smallest absolute Gasteiger partial charge is 0.246 e. The molecular weight excluding hydrogens is 479 g/mol. The molecule has 0 unspecified atom stereocenters. The highest BCUT2D eigenvalue weighted by Gasteiger charge is 2.23. The zero-order chi connectivity index (χ0) is 26.2. The number of nitrogens with zero attached hydrogens (tertiary/aromatic N) is 4. The van der Waals surface area contributed by atoms with E-state index < -0.39 is 0 Å². The Labute approximate surface area is 224 Å². The Morgan fingerprint density at radius 2 is 1.61 bits per heavy atom. The number of piperazine rings is 1. The Bertz CT molecular complexity index is 1220. The van der Waals surface area contributed by atoms with E-state index in [-0.39, 0.29) is 17.8 Å². The number of hydrogen-bond donors (Lipinski definition) is 0. The molecule has 2 aliphatic heterocycles. The molecule has 0 saturated carbocycles.